The number of hydrogen-bond acceptors (Lipinski definition) is 2. The first kappa shape index (κ1) is 13.9. The lowest BCUT2D eigenvalue weighted by Crippen LogP contribution is -2.03. The molecule has 0 aromatic heterocycles. The number of halogens is 1. The summed E-state index contributed by atoms with van der Waals surface area (Å²) < 4.78 is 5.73. The van der Waals surface area contributed by atoms with Gasteiger partial charge in [0, 0.05) is 0 Å². The van der Waals surface area contributed by atoms with E-state index in [0.29, 0.717) is 23.9 Å². The number of aryl methyl sites for hydroxylation is 1. The number of rotatable bonds is 5. The van der Waals surface area contributed by atoms with E-state index in [4.69, 9.17) is 22.1 Å². The Balaban J connectivity index is 2.01. The highest BCUT2D eigenvalue weighted by Gasteiger charge is 2.03. The first-order valence-electron chi connectivity index (χ1n) is 6.36. The largest absolute Gasteiger partial charge is 0.487 e. The van der Waals surface area contributed by atoms with E-state index >= 15 is 0 Å². The van der Waals surface area contributed by atoms with Crippen molar-refractivity contribution in [2.24, 2.45) is 5.73 Å². The minimum Gasteiger partial charge on any atom is -0.487 e. The minimum absolute atomic E-state index is 0.524. The molecule has 0 atom stereocenters. The molecular weight excluding hydrogens is 258 g/mol. The molecule has 0 unspecified atom stereocenters. The standard InChI is InChI=1S/C16H18ClNO/c1-12-2-4-14(5-3-12)11-19-16-7-6-13(8-9-18)10-15(16)17/h2-7,10H,8-9,11,18H2,1H3. The van der Waals surface area contributed by atoms with E-state index in [1.807, 2.05) is 18.2 Å². The van der Waals surface area contributed by atoms with E-state index in [1.54, 1.807) is 0 Å². The molecule has 100 valence electrons. The third-order valence-electron chi connectivity index (χ3n) is 2.94. The van der Waals surface area contributed by atoms with Gasteiger partial charge in [-0.05, 0) is 43.1 Å². The van der Waals surface area contributed by atoms with Gasteiger partial charge in [0.05, 0.1) is 5.02 Å². The molecule has 2 rings (SSSR count). The first-order chi connectivity index (χ1) is 9.19. The summed E-state index contributed by atoms with van der Waals surface area (Å²) in [6, 6.07) is 14.1. The third kappa shape index (κ3) is 3.98. The monoisotopic (exact) mass is 275 g/mol. The lowest BCUT2D eigenvalue weighted by atomic mass is 10.1. The minimum atomic E-state index is 0.524. The Labute approximate surface area is 119 Å². The fraction of sp³-hybridized carbons (Fsp3) is 0.250. The second-order valence-corrected chi connectivity index (χ2v) is 4.98. The average Bonchev–Trinajstić information content (AvgIpc) is 2.40. The zero-order chi connectivity index (χ0) is 13.7. The molecule has 3 heteroatoms. The molecule has 0 amide bonds. The smallest absolute Gasteiger partial charge is 0.138 e. The van der Waals surface area contributed by atoms with Crippen molar-refractivity contribution in [1.82, 2.24) is 0 Å². The molecule has 0 saturated carbocycles. The second-order valence-electron chi connectivity index (χ2n) is 4.58. The van der Waals surface area contributed by atoms with E-state index in [0.717, 1.165) is 17.5 Å². The van der Waals surface area contributed by atoms with Crippen molar-refractivity contribution in [2.75, 3.05) is 6.54 Å². The van der Waals surface area contributed by atoms with Crippen LogP contribution in [-0.2, 0) is 13.0 Å². The second kappa shape index (κ2) is 6.60. The Morgan fingerprint density at radius 3 is 2.37 bits per heavy atom. The summed E-state index contributed by atoms with van der Waals surface area (Å²) >= 11 is 6.19. The van der Waals surface area contributed by atoms with Crippen LogP contribution >= 0.6 is 11.6 Å². The molecule has 2 N–H and O–H groups in total. The molecule has 0 radical (unpaired) electrons. The van der Waals surface area contributed by atoms with Crippen molar-refractivity contribution < 1.29 is 4.74 Å². The molecule has 0 heterocycles. The molecule has 0 saturated heterocycles. The summed E-state index contributed by atoms with van der Waals surface area (Å²) in [5, 5.41) is 0.637. The Morgan fingerprint density at radius 2 is 1.74 bits per heavy atom. The van der Waals surface area contributed by atoms with Gasteiger partial charge >= 0.3 is 0 Å². The lowest BCUT2D eigenvalue weighted by molar-refractivity contribution is 0.306. The van der Waals surface area contributed by atoms with Gasteiger partial charge in [-0.15, -0.1) is 0 Å². The number of benzene rings is 2. The SMILES string of the molecule is Cc1ccc(COc2ccc(CCN)cc2Cl)cc1. The fourth-order valence-corrected chi connectivity index (χ4v) is 2.09. The predicted molar refractivity (Wildman–Crippen MR) is 79.7 cm³/mol. The van der Waals surface area contributed by atoms with Crippen LogP contribution in [0.2, 0.25) is 5.02 Å². The maximum Gasteiger partial charge on any atom is 0.138 e. The highest BCUT2D eigenvalue weighted by atomic mass is 35.5. The summed E-state index contributed by atoms with van der Waals surface area (Å²) in [5.74, 6) is 0.711. The topological polar surface area (TPSA) is 35.2 Å². The molecule has 2 aromatic carbocycles. The number of ether oxygens (including phenoxy) is 1. The van der Waals surface area contributed by atoms with E-state index in [9.17, 15) is 0 Å². The van der Waals surface area contributed by atoms with Crippen molar-refractivity contribution in [1.29, 1.82) is 0 Å². The predicted octanol–water partition coefficient (Wildman–Crippen LogP) is 3.73. The quantitative estimate of drug-likeness (QED) is 0.902. The van der Waals surface area contributed by atoms with Gasteiger partial charge in [0.25, 0.3) is 0 Å². The fourth-order valence-electron chi connectivity index (χ4n) is 1.83. The van der Waals surface area contributed by atoms with Gasteiger partial charge in [0.2, 0.25) is 0 Å². The van der Waals surface area contributed by atoms with Crippen LogP contribution in [0, 0.1) is 6.92 Å². The average molecular weight is 276 g/mol. The van der Waals surface area contributed by atoms with Crippen LogP contribution in [0.5, 0.6) is 5.75 Å². The molecule has 0 bridgehead atoms. The summed E-state index contributed by atoms with van der Waals surface area (Å²) in [7, 11) is 0. The van der Waals surface area contributed by atoms with Crippen LogP contribution in [0.4, 0.5) is 0 Å². The molecule has 0 aliphatic heterocycles. The van der Waals surface area contributed by atoms with E-state index in [2.05, 4.69) is 31.2 Å². The highest BCUT2D eigenvalue weighted by Crippen LogP contribution is 2.26. The molecule has 0 spiro atoms. The van der Waals surface area contributed by atoms with Crippen LogP contribution < -0.4 is 10.5 Å². The van der Waals surface area contributed by atoms with Crippen LogP contribution in [0.3, 0.4) is 0 Å². The Bertz CT molecular complexity index is 537. The summed E-state index contributed by atoms with van der Waals surface area (Å²) in [6.07, 6.45) is 0.831. The van der Waals surface area contributed by atoms with Crippen molar-refractivity contribution in [2.45, 2.75) is 20.0 Å². The molecule has 2 aromatic rings. The molecule has 0 aliphatic carbocycles. The first-order valence-corrected chi connectivity index (χ1v) is 6.73. The van der Waals surface area contributed by atoms with Crippen LogP contribution in [0.25, 0.3) is 0 Å². The maximum absolute atomic E-state index is 6.19. The van der Waals surface area contributed by atoms with E-state index in [1.165, 1.54) is 5.56 Å². The van der Waals surface area contributed by atoms with E-state index < -0.39 is 0 Å². The summed E-state index contributed by atoms with van der Waals surface area (Å²) in [4.78, 5) is 0. The van der Waals surface area contributed by atoms with Gasteiger partial charge in [-0.25, -0.2) is 0 Å². The van der Waals surface area contributed by atoms with Crippen LogP contribution in [-0.4, -0.2) is 6.54 Å². The van der Waals surface area contributed by atoms with Crippen molar-refractivity contribution >= 4 is 11.6 Å². The molecule has 2 nitrogen and oxygen atoms in total. The van der Waals surface area contributed by atoms with Gasteiger partial charge < -0.3 is 10.5 Å². The van der Waals surface area contributed by atoms with Crippen molar-refractivity contribution in [3.05, 3.63) is 64.2 Å². The number of nitrogens with two attached hydrogens (primary N) is 1. The summed E-state index contributed by atoms with van der Waals surface area (Å²) in [5.41, 5.74) is 9.03. The van der Waals surface area contributed by atoms with Crippen molar-refractivity contribution in [3.8, 4) is 5.75 Å². The lowest BCUT2D eigenvalue weighted by Gasteiger charge is -2.09. The Hall–Kier alpha value is -1.51. The molecule has 19 heavy (non-hydrogen) atoms. The van der Waals surface area contributed by atoms with Gasteiger partial charge in [-0.1, -0.05) is 47.5 Å². The zero-order valence-electron chi connectivity index (χ0n) is 11.0. The van der Waals surface area contributed by atoms with E-state index in [-0.39, 0.29) is 0 Å². The van der Waals surface area contributed by atoms with Gasteiger partial charge in [-0.2, -0.15) is 0 Å². The Kier molecular flexibility index (Phi) is 4.83. The maximum atomic E-state index is 6.19. The van der Waals surface area contributed by atoms with Crippen molar-refractivity contribution in [3.63, 3.8) is 0 Å². The van der Waals surface area contributed by atoms with Gasteiger partial charge in [0.15, 0.2) is 0 Å². The summed E-state index contributed by atoms with van der Waals surface area (Å²) in [6.45, 7) is 3.22. The normalized spacial score (nSPS) is 10.5. The molecular formula is C16H18ClNO. The third-order valence-corrected chi connectivity index (χ3v) is 3.24. The number of hydrogen-bond donors (Lipinski definition) is 1. The highest BCUT2D eigenvalue weighted by molar-refractivity contribution is 6.32. The van der Waals surface area contributed by atoms with Gasteiger partial charge in [-0.3, -0.25) is 0 Å². The van der Waals surface area contributed by atoms with Crippen LogP contribution in [0.1, 0.15) is 16.7 Å². The molecule has 0 fully saturated rings. The zero-order valence-corrected chi connectivity index (χ0v) is 11.8. The molecule has 0 aliphatic rings. The van der Waals surface area contributed by atoms with Crippen LogP contribution in [0.15, 0.2) is 42.5 Å². The van der Waals surface area contributed by atoms with Gasteiger partial charge in [0.1, 0.15) is 12.4 Å². The Morgan fingerprint density at radius 1 is 1.05 bits per heavy atom.